The lowest BCUT2D eigenvalue weighted by atomic mass is 10.0. The molecular weight excluding hydrogens is 281 g/mol. The van der Waals surface area contributed by atoms with E-state index in [4.69, 9.17) is 34.7 Å². The molecule has 2 rings (SSSR count). The quantitative estimate of drug-likeness (QED) is 0.893. The molecule has 0 radical (unpaired) electrons. The zero-order chi connectivity index (χ0) is 14.0. The molecule has 19 heavy (non-hydrogen) atoms. The van der Waals surface area contributed by atoms with E-state index in [1.807, 2.05) is 18.2 Å². The summed E-state index contributed by atoms with van der Waals surface area (Å²) in [4.78, 5) is 4.36. The van der Waals surface area contributed by atoms with E-state index in [1.54, 1.807) is 6.07 Å². The Morgan fingerprint density at radius 2 is 1.89 bits per heavy atom. The van der Waals surface area contributed by atoms with Gasteiger partial charge in [0.15, 0.2) is 0 Å². The Kier molecular flexibility index (Phi) is 4.17. The number of hydrogen-bond donors (Lipinski definition) is 2. The van der Waals surface area contributed by atoms with E-state index in [2.05, 4.69) is 11.9 Å². The first-order chi connectivity index (χ1) is 9.04. The van der Waals surface area contributed by atoms with Gasteiger partial charge in [-0.2, -0.15) is 0 Å². The molecule has 0 spiro atoms. The fraction of sp³-hybridized carbons (Fsp3) is 0.214. The predicted octanol–water partition coefficient (Wildman–Crippen LogP) is 4.17. The van der Waals surface area contributed by atoms with Crippen molar-refractivity contribution in [2.24, 2.45) is 0 Å². The lowest BCUT2D eigenvalue weighted by molar-refractivity contribution is 0.888. The van der Waals surface area contributed by atoms with Gasteiger partial charge in [-0.3, -0.25) is 0 Å². The second-order valence-electron chi connectivity index (χ2n) is 4.31. The lowest BCUT2D eigenvalue weighted by Gasteiger charge is -2.13. The maximum absolute atomic E-state index is 6.26. The molecule has 1 aromatic heterocycles. The number of rotatable bonds is 3. The molecular formula is C14H15Cl2N3. The molecule has 2 aromatic rings. The van der Waals surface area contributed by atoms with Crippen molar-refractivity contribution in [2.75, 3.05) is 11.5 Å². The third kappa shape index (κ3) is 2.77. The van der Waals surface area contributed by atoms with E-state index >= 15 is 0 Å². The molecule has 0 saturated heterocycles. The van der Waals surface area contributed by atoms with Gasteiger partial charge in [-0.15, -0.1) is 0 Å². The first-order valence-corrected chi connectivity index (χ1v) is 6.79. The average molecular weight is 296 g/mol. The number of benzene rings is 1. The second-order valence-corrected chi connectivity index (χ2v) is 5.09. The summed E-state index contributed by atoms with van der Waals surface area (Å²) < 4.78 is 0. The molecule has 1 heterocycles. The van der Waals surface area contributed by atoms with Gasteiger partial charge in [0.1, 0.15) is 5.82 Å². The molecule has 0 amide bonds. The largest absolute Gasteiger partial charge is 0.396 e. The smallest absolute Gasteiger partial charge is 0.146 e. The summed E-state index contributed by atoms with van der Waals surface area (Å²) in [6, 6.07) is 7.32. The summed E-state index contributed by atoms with van der Waals surface area (Å²) in [5.41, 5.74) is 14.7. The van der Waals surface area contributed by atoms with Crippen molar-refractivity contribution in [1.82, 2.24) is 4.98 Å². The number of hydrogen-bond acceptors (Lipinski definition) is 3. The van der Waals surface area contributed by atoms with Crippen LogP contribution in [0.4, 0.5) is 11.5 Å². The standard InChI is InChI=1S/C14H15Cl2N3/c1-2-4-12-9(7-11(17)14(18)19-12)8-5-3-6-10(15)13(8)16/h3,5-7H,2,4,17H2,1H3,(H2,18,19). The summed E-state index contributed by atoms with van der Waals surface area (Å²) >= 11 is 12.3. The average Bonchev–Trinajstić information content (AvgIpc) is 2.37. The van der Waals surface area contributed by atoms with Crippen molar-refractivity contribution in [3.05, 3.63) is 40.0 Å². The summed E-state index contributed by atoms with van der Waals surface area (Å²) in [6.45, 7) is 2.08. The van der Waals surface area contributed by atoms with Crippen molar-refractivity contribution in [2.45, 2.75) is 19.8 Å². The van der Waals surface area contributed by atoms with Crippen molar-refractivity contribution in [3.63, 3.8) is 0 Å². The summed E-state index contributed by atoms with van der Waals surface area (Å²) in [6.07, 6.45) is 1.77. The fourth-order valence-electron chi connectivity index (χ4n) is 1.96. The lowest BCUT2D eigenvalue weighted by Crippen LogP contribution is -2.03. The molecule has 0 saturated carbocycles. The number of nitrogens with zero attached hydrogens (tertiary/aromatic N) is 1. The van der Waals surface area contributed by atoms with Crippen LogP contribution in [0, 0.1) is 0 Å². The molecule has 0 atom stereocenters. The third-order valence-corrected chi connectivity index (χ3v) is 3.71. The normalized spacial score (nSPS) is 10.7. The zero-order valence-corrected chi connectivity index (χ0v) is 12.1. The minimum Gasteiger partial charge on any atom is -0.396 e. The number of aryl methyl sites for hydroxylation is 1. The van der Waals surface area contributed by atoms with E-state index in [0.717, 1.165) is 29.7 Å². The Morgan fingerprint density at radius 1 is 1.16 bits per heavy atom. The van der Waals surface area contributed by atoms with Gasteiger partial charge in [0.25, 0.3) is 0 Å². The topological polar surface area (TPSA) is 64.9 Å². The van der Waals surface area contributed by atoms with Gasteiger partial charge in [-0.05, 0) is 18.6 Å². The minimum atomic E-state index is 0.352. The Hall–Kier alpha value is -1.45. The number of nitrogen functional groups attached to an aromatic ring is 2. The number of halogens is 2. The van der Waals surface area contributed by atoms with Gasteiger partial charge in [-0.1, -0.05) is 48.7 Å². The summed E-state index contributed by atoms with van der Waals surface area (Å²) in [5.74, 6) is 0.352. The van der Waals surface area contributed by atoms with Gasteiger partial charge in [0, 0.05) is 11.1 Å². The van der Waals surface area contributed by atoms with Gasteiger partial charge < -0.3 is 11.5 Å². The van der Waals surface area contributed by atoms with Crippen LogP contribution in [-0.4, -0.2) is 4.98 Å². The molecule has 1 aromatic carbocycles. The Balaban J connectivity index is 2.66. The van der Waals surface area contributed by atoms with Crippen LogP contribution >= 0.6 is 23.2 Å². The molecule has 0 aliphatic heterocycles. The van der Waals surface area contributed by atoms with Crippen LogP contribution < -0.4 is 11.5 Å². The zero-order valence-electron chi connectivity index (χ0n) is 10.6. The Bertz CT molecular complexity index is 612. The number of anilines is 2. The first-order valence-electron chi connectivity index (χ1n) is 6.03. The summed E-state index contributed by atoms with van der Waals surface area (Å²) in [7, 11) is 0. The Labute approximate surface area is 122 Å². The molecule has 100 valence electrons. The van der Waals surface area contributed by atoms with Crippen LogP contribution in [0.25, 0.3) is 11.1 Å². The van der Waals surface area contributed by atoms with Crippen molar-refractivity contribution in [3.8, 4) is 11.1 Å². The minimum absolute atomic E-state index is 0.352. The number of nitrogens with two attached hydrogens (primary N) is 2. The van der Waals surface area contributed by atoms with Crippen LogP contribution in [-0.2, 0) is 6.42 Å². The first kappa shape index (κ1) is 14.0. The maximum atomic E-state index is 6.26. The van der Waals surface area contributed by atoms with Gasteiger partial charge >= 0.3 is 0 Å². The van der Waals surface area contributed by atoms with E-state index in [1.165, 1.54) is 0 Å². The van der Waals surface area contributed by atoms with Crippen molar-refractivity contribution >= 4 is 34.7 Å². The molecule has 0 unspecified atom stereocenters. The van der Waals surface area contributed by atoms with E-state index in [9.17, 15) is 0 Å². The molecule has 4 N–H and O–H groups in total. The Morgan fingerprint density at radius 3 is 2.58 bits per heavy atom. The van der Waals surface area contributed by atoms with Crippen molar-refractivity contribution in [1.29, 1.82) is 0 Å². The van der Waals surface area contributed by atoms with Crippen LogP contribution in [0.5, 0.6) is 0 Å². The number of aromatic nitrogens is 1. The number of pyridine rings is 1. The van der Waals surface area contributed by atoms with E-state index in [0.29, 0.717) is 21.6 Å². The van der Waals surface area contributed by atoms with Crippen LogP contribution in [0.3, 0.4) is 0 Å². The molecule has 0 aliphatic rings. The van der Waals surface area contributed by atoms with E-state index < -0.39 is 0 Å². The van der Waals surface area contributed by atoms with Gasteiger partial charge in [0.05, 0.1) is 21.4 Å². The predicted molar refractivity (Wildman–Crippen MR) is 82.5 cm³/mol. The van der Waals surface area contributed by atoms with Crippen LogP contribution in [0.2, 0.25) is 10.0 Å². The highest BCUT2D eigenvalue weighted by Gasteiger charge is 2.13. The molecule has 0 aliphatic carbocycles. The molecule has 3 nitrogen and oxygen atoms in total. The van der Waals surface area contributed by atoms with Gasteiger partial charge in [0.2, 0.25) is 0 Å². The monoisotopic (exact) mass is 295 g/mol. The molecule has 5 heteroatoms. The van der Waals surface area contributed by atoms with E-state index in [-0.39, 0.29) is 0 Å². The summed E-state index contributed by atoms with van der Waals surface area (Å²) in [5, 5.41) is 1.02. The third-order valence-electron chi connectivity index (χ3n) is 2.89. The highest BCUT2D eigenvalue weighted by Crippen LogP contribution is 2.36. The van der Waals surface area contributed by atoms with Gasteiger partial charge in [-0.25, -0.2) is 4.98 Å². The highest BCUT2D eigenvalue weighted by atomic mass is 35.5. The van der Waals surface area contributed by atoms with Crippen LogP contribution in [0.15, 0.2) is 24.3 Å². The molecule has 0 bridgehead atoms. The SMILES string of the molecule is CCCc1nc(N)c(N)cc1-c1cccc(Cl)c1Cl. The van der Waals surface area contributed by atoms with Crippen LogP contribution in [0.1, 0.15) is 19.0 Å². The van der Waals surface area contributed by atoms with Crippen molar-refractivity contribution < 1.29 is 0 Å². The fourth-order valence-corrected chi connectivity index (χ4v) is 2.36. The maximum Gasteiger partial charge on any atom is 0.146 e. The highest BCUT2D eigenvalue weighted by molar-refractivity contribution is 6.43. The molecule has 0 fully saturated rings. The second kappa shape index (κ2) is 5.68.